The van der Waals surface area contributed by atoms with Crippen molar-refractivity contribution in [2.24, 2.45) is 0 Å². The Morgan fingerprint density at radius 1 is 1.27 bits per heavy atom. The number of hydrogen-bond acceptors (Lipinski definition) is 3. The van der Waals surface area contributed by atoms with Crippen molar-refractivity contribution in [3.63, 3.8) is 0 Å². The standard InChI is InChI=1S/C10H19N3O2/c1-10(2,3)15-9(14)13-6-4-12(8-11)5-7-13/h8,11H,4-7H2,1-3H3. The number of rotatable bonds is 1. The maximum Gasteiger partial charge on any atom is 0.410 e. The van der Waals surface area contributed by atoms with Crippen LogP contribution in [0, 0.1) is 5.41 Å². The number of amides is 1. The van der Waals surface area contributed by atoms with Crippen LogP contribution in [-0.2, 0) is 4.74 Å². The Hall–Kier alpha value is -1.26. The van der Waals surface area contributed by atoms with Gasteiger partial charge in [0.15, 0.2) is 0 Å². The van der Waals surface area contributed by atoms with Gasteiger partial charge in [-0.25, -0.2) is 4.79 Å². The van der Waals surface area contributed by atoms with Crippen molar-refractivity contribution in [1.29, 1.82) is 5.41 Å². The molecular weight excluding hydrogens is 194 g/mol. The summed E-state index contributed by atoms with van der Waals surface area (Å²) in [5.74, 6) is 0. The molecule has 15 heavy (non-hydrogen) atoms. The predicted octanol–water partition coefficient (Wildman–Crippen LogP) is 1.15. The van der Waals surface area contributed by atoms with Crippen molar-refractivity contribution < 1.29 is 9.53 Å². The molecule has 5 nitrogen and oxygen atoms in total. The van der Waals surface area contributed by atoms with Crippen molar-refractivity contribution in [3.8, 4) is 0 Å². The lowest BCUT2D eigenvalue weighted by Gasteiger charge is -2.34. The fourth-order valence-corrected chi connectivity index (χ4v) is 1.36. The maximum absolute atomic E-state index is 11.6. The van der Waals surface area contributed by atoms with Gasteiger partial charge in [-0.05, 0) is 20.8 Å². The molecule has 0 spiro atoms. The lowest BCUT2D eigenvalue weighted by molar-refractivity contribution is 0.0189. The number of ether oxygens (including phenoxy) is 1. The van der Waals surface area contributed by atoms with E-state index in [0.29, 0.717) is 26.2 Å². The van der Waals surface area contributed by atoms with E-state index in [1.165, 1.54) is 6.34 Å². The fraction of sp³-hybridized carbons (Fsp3) is 0.800. The molecule has 1 amide bonds. The number of piperazine rings is 1. The molecule has 5 heteroatoms. The molecule has 0 bridgehead atoms. The molecule has 86 valence electrons. The van der Waals surface area contributed by atoms with Gasteiger partial charge >= 0.3 is 6.09 Å². The Morgan fingerprint density at radius 2 is 1.80 bits per heavy atom. The van der Waals surface area contributed by atoms with E-state index in [1.54, 1.807) is 4.90 Å². The Labute approximate surface area is 90.5 Å². The van der Waals surface area contributed by atoms with E-state index >= 15 is 0 Å². The van der Waals surface area contributed by atoms with Gasteiger partial charge in [-0.2, -0.15) is 0 Å². The highest BCUT2D eigenvalue weighted by molar-refractivity contribution is 5.68. The van der Waals surface area contributed by atoms with Gasteiger partial charge < -0.3 is 14.5 Å². The molecule has 0 aromatic carbocycles. The topological polar surface area (TPSA) is 56.6 Å². The average Bonchev–Trinajstić information content (AvgIpc) is 2.15. The maximum atomic E-state index is 11.6. The quantitative estimate of drug-likeness (QED) is 0.525. The normalized spacial score (nSPS) is 17.5. The van der Waals surface area contributed by atoms with Crippen LogP contribution < -0.4 is 0 Å². The van der Waals surface area contributed by atoms with Gasteiger partial charge in [0.25, 0.3) is 0 Å². The molecule has 0 atom stereocenters. The van der Waals surface area contributed by atoms with E-state index in [0.717, 1.165) is 0 Å². The Balaban J connectivity index is 2.40. The zero-order valence-electron chi connectivity index (χ0n) is 9.62. The number of hydrogen-bond donors (Lipinski definition) is 1. The number of carbonyl (C=O) groups excluding carboxylic acids is 1. The molecule has 0 radical (unpaired) electrons. The molecule has 1 fully saturated rings. The van der Waals surface area contributed by atoms with E-state index in [2.05, 4.69) is 0 Å². The molecule has 1 heterocycles. The minimum Gasteiger partial charge on any atom is -0.444 e. The van der Waals surface area contributed by atoms with Crippen LogP contribution in [0.1, 0.15) is 20.8 Å². The van der Waals surface area contributed by atoms with Crippen LogP contribution in [0.4, 0.5) is 4.79 Å². The SMILES string of the molecule is CC(C)(C)OC(=O)N1CCN(C=N)CC1. The van der Waals surface area contributed by atoms with Crippen molar-refractivity contribution in [1.82, 2.24) is 9.80 Å². The molecule has 1 saturated heterocycles. The van der Waals surface area contributed by atoms with Crippen LogP contribution in [0.25, 0.3) is 0 Å². The molecule has 1 aliphatic heterocycles. The highest BCUT2D eigenvalue weighted by Crippen LogP contribution is 2.11. The molecule has 1 N–H and O–H groups in total. The van der Waals surface area contributed by atoms with Gasteiger partial charge in [0.2, 0.25) is 0 Å². The summed E-state index contributed by atoms with van der Waals surface area (Å²) in [5.41, 5.74) is -0.435. The van der Waals surface area contributed by atoms with E-state index in [9.17, 15) is 4.79 Å². The van der Waals surface area contributed by atoms with Gasteiger partial charge in [0.1, 0.15) is 5.60 Å². The fourth-order valence-electron chi connectivity index (χ4n) is 1.36. The largest absolute Gasteiger partial charge is 0.444 e. The Kier molecular flexibility index (Phi) is 3.55. The zero-order chi connectivity index (χ0) is 11.5. The third-order valence-corrected chi connectivity index (χ3v) is 2.15. The molecule has 1 aliphatic rings. The first-order valence-electron chi connectivity index (χ1n) is 5.15. The third kappa shape index (κ3) is 3.77. The summed E-state index contributed by atoms with van der Waals surface area (Å²) >= 11 is 0. The number of carbonyl (C=O) groups is 1. The molecule has 0 unspecified atom stereocenters. The highest BCUT2D eigenvalue weighted by atomic mass is 16.6. The second-order valence-corrected chi connectivity index (χ2v) is 4.63. The summed E-state index contributed by atoms with van der Waals surface area (Å²) in [6, 6.07) is 0. The van der Waals surface area contributed by atoms with Crippen LogP contribution in [0.3, 0.4) is 0 Å². The van der Waals surface area contributed by atoms with Crippen LogP contribution in [0.5, 0.6) is 0 Å². The molecule has 0 aromatic rings. The van der Waals surface area contributed by atoms with E-state index in [4.69, 9.17) is 10.1 Å². The summed E-state index contributed by atoms with van der Waals surface area (Å²) in [6.45, 7) is 8.26. The minimum atomic E-state index is -0.435. The Bertz CT molecular complexity index is 240. The van der Waals surface area contributed by atoms with Gasteiger partial charge in [-0.3, -0.25) is 5.41 Å². The predicted molar refractivity (Wildman–Crippen MR) is 58.2 cm³/mol. The highest BCUT2D eigenvalue weighted by Gasteiger charge is 2.24. The number of nitrogens with zero attached hydrogens (tertiary/aromatic N) is 2. The summed E-state index contributed by atoms with van der Waals surface area (Å²) in [6.07, 6.45) is 1.05. The van der Waals surface area contributed by atoms with Crippen molar-refractivity contribution in [3.05, 3.63) is 0 Å². The van der Waals surface area contributed by atoms with Crippen molar-refractivity contribution in [2.75, 3.05) is 26.2 Å². The first-order chi connectivity index (χ1) is 6.92. The summed E-state index contributed by atoms with van der Waals surface area (Å²) < 4.78 is 5.26. The van der Waals surface area contributed by atoms with Gasteiger partial charge in [-0.1, -0.05) is 0 Å². The van der Waals surface area contributed by atoms with Crippen LogP contribution in [-0.4, -0.2) is 54.0 Å². The second-order valence-electron chi connectivity index (χ2n) is 4.63. The first kappa shape index (κ1) is 11.8. The molecule has 1 rings (SSSR count). The van der Waals surface area contributed by atoms with Gasteiger partial charge in [-0.15, -0.1) is 0 Å². The lowest BCUT2D eigenvalue weighted by Crippen LogP contribution is -2.49. The summed E-state index contributed by atoms with van der Waals surface area (Å²) in [5, 5.41) is 7.08. The third-order valence-electron chi connectivity index (χ3n) is 2.15. The molecule has 0 saturated carbocycles. The monoisotopic (exact) mass is 213 g/mol. The first-order valence-corrected chi connectivity index (χ1v) is 5.15. The minimum absolute atomic E-state index is 0.257. The molecular formula is C10H19N3O2. The zero-order valence-corrected chi connectivity index (χ0v) is 9.62. The van der Waals surface area contributed by atoms with E-state index < -0.39 is 5.60 Å². The van der Waals surface area contributed by atoms with Crippen LogP contribution in [0.15, 0.2) is 0 Å². The van der Waals surface area contributed by atoms with E-state index in [1.807, 2.05) is 25.7 Å². The lowest BCUT2D eigenvalue weighted by atomic mass is 10.2. The van der Waals surface area contributed by atoms with Crippen molar-refractivity contribution in [2.45, 2.75) is 26.4 Å². The van der Waals surface area contributed by atoms with Crippen molar-refractivity contribution >= 4 is 12.4 Å². The summed E-state index contributed by atoms with van der Waals surface area (Å²) in [4.78, 5) is 15.2. The van der Waals surface area contributed by atoms with E-state index in [-0.39, 0.29) is 6.09 Å². The average molecular weight is 213 g/mol. The Morgan fingerprint density at radius 3 is 2.20 bits per heavy atom. The van der Waals surface area contributed by atoms with Gasteiger partial charge in [0, 0.05) is 26.2 Å². The second kappa shape index (κ2) is 4.51. The van der Waals surface area contributed by atoms with Crippen LogP contribution in [0.2, 0.25) is 0 Å². The summed E-state index contributed by atoms with van der Waals surface area (Å²) in [7, 11) is 0. The van der Waals surface area contributed by atoms with Crippen LogP contribution >= 0.6 is 0 Å². The molecule has 0 aromatic heterocycles. The smallest absolute Gasteiger partial charge is 0.410 e. The number of nitrogens with one attached hydrogen (secondary N) is 1. The molecule has 0 aliphatic carbocycles. The van der Waals surface area contributed by atoms with Gasteiger partial charge in [0.05, 0.1) is 6.34 Å².